The van der Waals surface area contributed by atoms with E-state index in [0.29, 0.717) is 13.2 Å². The lowest BCUT2D eigenvalue weighted by Gasteiger charge is -2.27. The van der Waals surface area contributed by atoms with Crippen molar-refractivity contribution in [1.29, 1.82) is 0 Å². The van der Waals surface area contributed by atoms with Gasteiger partial charge in [0.05, 0.1) is 21.1 Å². The topological polar surface area (TPSA) is 29.5 Å². The van der Waals surface area contributed by atoms with Crippen LogP contribution < -0.4 is 17.1 Å². The third kappa shape index (κ3) is 4.74. The summed E-state index contributed by atoms with van der Waals surface area (Å²) >= 11 is 1.86. The molecule has 1 aliphatic rings. The molecule has 1 aliphatic heterocycles. The fourth-order valence-electron chi connectivity index (χ4n) is 3.29. The zero-order valence-corrected chi connectivity index (χ0v) is 17.7. The Labute approximate surface area is 167 Å². The minimum absolute atomic E-state index is 0. The number of likely N-dealkylation sites (N-methyl/N-ethyl adjacent to an activating group) is 1. The van der Waals surface area contributed by atoms with Crippen LogP contribution in [0.25, 0.3) is 0 Å². The van der Waals surface area contributed by atoms with Gasteiger partial charge in [0.25, 0.3) is 0 Å². The lowest BCUT2D eigenvalue weighted by atomic mass is 9.98. The number of aliphatic hydroxyl groups excluding tert-OH is 1. The highest BCUT2D eigenvalue weighted by molar-refractivity contribution is 7.99. The zero-order chi connectivity index (χ0) is 18.2. The molecule has 0 saturated carbocycles. The number of halogens is 1. The van der Waals surface area contributed by atoms with Crippen LogP contribution in [0.2, 0.25) is 0 Å². The maximum absolute atomic E-state index is 10.2. The van der Waals surface area contributed by atoms with Crippen LogP contribution in [0.5, 0.6) is 5.75 Å². The summed E-state index contributed by atoms with van der Waals surface area (Å²) in [5, 5.41) is 10.2. The molecule has 0 radical (unpaired) electrons. The quantitative estimate of drug-likeness (QED) is 0.650. The smallest absolute Gasteiger partial charge is 0.137 e. The third-order valence-corrected chi connectivity index (χ3v) is 6.02. The van der Waals surface area contributed by atoms with Crippen LogP contribution in [0.15, 0.2) is 40.1 Å². The average molecular weight is 394 g/mol. The molecule has 142 valence electrons. The fourth-order valence-corrected chi connectivity index (χ4v) is 4.49. The van der Waals surface area contributed by atoms with E-state index in [-0.39, 0.29) is 12.4 Å². The molecule has 0 aromatic heterocycles. The van der Waals surface area contributed by atoms with E-state index in [1.165, 1.54) is 32.0 Å². The average Bonchev–Trinajstić information content (AvgIpc) is 2.54. The molecule has 5 heteroatoms. The number of ether oxygens (including phenoxy) is 1. The minimum atomic E-state index is -0.467. The van der Waals surface area contributed by atoms with Crippen LogP contribution in [0.4, 0.5) is 0 Å². The summed E-state index contributed by atoms with van der Waals surface area (Å²) in [6, 6.07) is 10.8. The van der Waals surface area contributed by atoms with Gasteiger partial charge in [-0.1, -0.05) is 30.0 Å². The normalized spacial score (nSPS) is 14.1. The standard InChI is InChI=1S/C21H28NO2S.ClH/c1-14-15(2)21-17(10-16-8-6-7-9-20(16)25-21)11-19(14)24-13-18(23)12-22(3,4)5;/h6-9,11,18,23H,10,12-13H2,1-5H3;1H/q+1;/p-1. The van der Waals surface area contributed by atoms with E-state index in [9.17, 15) is 5.11 Å². The van der Waals surface area contributed by atoms with E-state index in [2.05, 4.69) is 65.3 Å². The molecule has 1 N–H and O–H groups in total. The Hall–Kier alpha value is -1.20. The van der Waals surface area contributed by atoms with Gasteiger partial charge >= 0.3 is 0 Å². The van der Waals surface area contributed by atoms with Gasteiger partial charge in [0.15, 0.2) is 0 Å². The first-order chi connectivity index (χ1) is 11.7. The summed E-state index contributed by atoms with van der Waals surface area (Å²) in [6.07, 6.45) is 0.475. The molecule has 2 aromatic rings. The predicted molar refractivity (Wildman–Crippen MR) is 104 cm³/mol. The number of fused-ring (bicyclic) bond motifs is 2. The third-order valence-electron chi connectivity index (χ3n) is 4.62. The highest BCUT2D eigenvalue weighted by Crippen LogP contribution is 2.44. The van der Waals surface area contributed by atoms with Gasteiger partial charge in [0.2, 0.25) is 0 Å². The SMILES string of the molecule is Cc1c(OCC(O)C[N+](C)(C)C)cc2c(c1C)Sc1ccccc1C2.[Cl-]. The number of nitrogens with zero attached hydrogens (tertiary/aromatic N) is 1. The van der Waals surface area contributed by atoms with E-state index in [0.717, 1.165) is 16.7 Å². The lowest BCUT2D eigenvalue weighted by Crippen LogP contribution is -3.00. The maximum Gasteiger partial charge on any atom is 0.137 e. The minimum Gasteiger partial charge on any atom is -1.00 e. The molecule has 3 rings (SSSR count). The number of benzene rings is 2. The van der Waals surface area contributed by atoms with Gasteiger partial charge in [-0.25, -0.2) is 0 Å². The van der Waals surface area contributed by atoms with Gasteiger partial charge in [-0.2, -0.15) is 0 Å². The molecule has 0 bridgehead atoms. The van der Waals surface area contributed by atoms with Gasteiger partial charge in [0.1, 0.15) is 25.0 Å². The summed E-state index contributed by atoms with van der Waals surface area (Å²) in [6.45, 7) is 5.28. The van der Waals surface area contributed by atoms with Crippen molar-refractivity contribution in [1.82, 2.24) is 0 Å². The van der Waals surface area contributed by atoms with Crippen molar-refractivity contribution in [2.45, 2.75) is 36.2 Å². The van der Waals surface area contributed by atoms with E-state index >= 15 is 0 Å². The molecule has 1 atom stereocenters. The summed E-state index contributed by atoms with van der Waals surface area (Å²) in [5.74, 6) is 0.900. The molecule has 0 fully saturated rings. The lowest BCUT2D eigenvalue weighted by molar-refractivity contribution is -0.873. The van der Waals surface area contributed by atoms with E-state index in [1.807, 2.05) is 11.8 Å². The molecule has 0 amide bonds. The second-order valence-electron chi connectivity index (χ2n) is 7.94. The Morgan fingerprint density at radius 2 is 1.81 bits per heavy atom. The first-order valence-electron chi connectivity index (χ1n) is 8.75. The number of hydrogen-bond donors (Lipinski definition) is 1. The van der Waals surface area contributed by atoms with E-state index in [4.69, 9.17) is 4.74 Å². The highest BCUT2D eigenvalue weighted by atomic mass is 35.5. The van der Waals surface area contributed by atoms with Crippen LogP contribution in [0.1, 0.15) is 22.3 Å². The van der Waals surface area contributed by atoms with Gasteiger partial charge in [0, 0.05) is 9.79 Å². The van der Waals surface area contributed by atoms with Gasteiger partial charge in [-0.15, -0.1) is 0 Å². The summed E-state index contributed by atoms with van der Waals surface area (Å²) in [7, 11) is 6.23. The highest BCUT2D eigenvalue weighted by Gasteiger charge is 2.22. The van der Waals surface area contributed by atoms with Gasteiger partial charge in [-0.05, 0) is 54.7 Å². The first kappa shape index (κ1) is 21.1. The largest absolute Gasteiger partial charge is 1.00 e. The second-order valence-corrected chi connectivity index (χ2v) is 8.99. The van der Waals surface area contributed by atoms with Crippen molar-refractivity contribution in [3.8, 4) is 5.75 Å². The molecular weight excluding hydrogens is 366 g/mol. The monoisotopic (exact) mass is 393 g/mol. The Balaban J connectivity index is 0.00000243. The van der Waals surface area contributed by atoms with Crippen LogP contribution >= 0.6 is 11.8 Å². The maximum atomic E-state index is 10.2. The number of hydrogen-bond acceptors (Lipinski definition) is 3. The summed E-state index contributed by atoms with van der Waals surface area (Å²) in [4.78, 5) is 2.71. The van der Waals surface area contributed by atoms with Crippen molar-refractivity contribution < 1.29 is 26.7 Å². The molecule has 1 heterocycles. The number of quaternary nitrogens is 1. The van der Waals surface area contributed by atoms with E-state index in [1.54, 1.807) is 0 Å². The summed E-state index contributed by atoms with van der Waals surface area (Å²) < 4.78 is 6.73. The Morgan fingerprint density at radius 1 is 1.12 bits per heavy atom. The summed E-state index contributed by atoms with van der Waals surface area (Å²) in [5.41, 5.74) is 5.15. The zero-order valence-electron chi connectivity index (χ0n) is 16.2. The van der Waals surface area contributed by atoms with Crippen molar-refractivity contribution in [3.05, 3.63) is 52.6 Å². The molecule has 2 aromatic carbocycles. The van der Waals surface area contributed by atoms with Crippen molar-refractivity contribution >= 4 is 11.8 Å². The first-order valence-corrected chi connectivity index (χ1v) is 9.56. The molecule has 26 heavy (non-hydrogen) atoms. The van der Waals surface area contributed by atoms with E-state index < -0.39 is 6.10 Å². The van der Waals surface area contributed by atoms with Crippen LogP contribution in [0.3, 0.4) is 0 Å². The predicted octanol–water partition coefficient (Wildman–Crippen LogP) is 0.809. The van der Waals surface area contributed by atoms with Gasteiger partial charge in [-0.3, -0.25) is 0 Å². The van der Waals surface area contributed by atoms with Crippen LogP contribution in [-0.2, 0) is 6.42 Å². The molecule has 0 spiro atoms. The molecule has 1 unspecified atom stereocenters. The molecular formula is C21H28ClNO2S. The van der Waals surface area contributed by atoms with Crippen molar-refractivity contribution in [3.63, 3.8) is 0 Å². The Bertz CT molecular complexity index is 786. The Kier molecular flexibility index (Phi) is 6.67. The fraction of sp³-hybridized carbons (Fsp3) is 0.429. The number of aliphatic hydroxyl groups is 1. The molecule has 3 nitrogen and oxygen atoms in total. The van der Waals surface area contributed by atoms with Crippen molar-refractivity contribution in [2.24, 2.45) is 0 Å². The Morgan fingerprint density at radius 3 is 2.50 bits per heavy atom. The molecule has 0 saturated heterocycles. The van der Waals surface area contributed by atoms with Gasteiger partial charge < -0.3 is 26.7 Å². The molecule has 0 aliphatic carbocycles. The second kappa shape index (κ2) is 8.22. The van der Waals surface area contributed by atoms with Crippen LogP contribution in [0, 0.1) is 13.8 Å². The van der Waals surface area contributed by atoms with Crippen LogP contribution in [-0.4, -0.2) is 50.0 Å². The number of rotatable bonds is 5. The van der Waals surface area contributed by atoms with Crippen molar-refractivity contribution in [2.75, 3.05) is 34.3 Å².